The Morgan fingerprint density at radius 2 is 2.17 bits per heavy atom. The Morgan fingerprint density at radius 3 is 2.79 bits per heavy atom. The first-order chi connectivity index (χ1) is 11.3. The van der Waals surface area contributed by atoms with Crippen molar-refractivity contribution in [3.63, 3.8) is 0 Å². The van der Waals surface area contributed by atoms with E-state index in [4.69, 9.17) is 5.73 Å². The highest BCUT2D eigenvalue weighted by Gasteiger charge is 2.20. The van der Waals surface area contributed by atoms with Gasteiger partial charge in [0, 0.05) is 5.38 Å². The maximum atomic E-state index is 12.2. The van der Waals surface area contributed by atoms with Crippen molar-refractivity contribution in [3.8, 4) is 0 Å². The zero-order valence-electron chi connectivity index (χ0n) is 13.5. The summed E-state index contributed by atoms with van der Waals surface area (Å²) in [5.41, 5.74) is 5.34. The van der Waals surface area contributed by atoms with Crippen molar-refractivity contribution >= 4 is 34.2 Å². The third-order valence-corrected chi connectivity index (χ3v) is 4.13. The fourth-order valence-electron chi connectivity index (χ4n) is 2.16. The van der Waals surface area contributed by atoms with E-state index in [2.05, 4.69) is 25.4 Å². The van der Waals surface area contributed by atoms with E-state index in [0.717, 1.165) is 0 Å². The molecule has 3 aromatic heterocycles. The van der Waals surface area contributed by atoms with Crippen molar-refractivity contribution in [1.82, 2.24) is 24.7 Å². The Kier molecular flexibility index (Phi) is 3.84. The normalized spacial score (nSPS) is 11.8. The first-order valence-electron chi connectivity index (χ1n) is 7.22. The number of anilines is 1. The van der Waals surface area contributed by atoms with E-state index >= 15 is 0 Å². The number of nitrogens with one attached hydrogen (secondary N) is 2. The van der Waals surface area contributed by atoms with Crippen LogP contribution >= 0.6 is 11.3 Å². The molecule has 0 atom stereocenters. The minimum Gasteiger partial charge on any atom is -0.364 e. The lowest BCUT2D eigenvalue weighted by atomic mass is 10.1. The third kappa shape index (κ3) is 3.00. The van der Waals surface area contributed by atoms with Gasteiger partial charge < -0.3 is 11.1 Å². The lowest BCUT2D eigenvalue weighted by Gasteiger charge is -2.19. The Balaban J connectivity index is 1.89. The number of amides is 1. The number of H-pyrrole nitrogens is 1. The number of thiazole rings is 1. The molecule has 0 saturated heterocycles. The average Bonchev–Trinajstić information content (AvgIpc) is 3.11. The number of hydrogen-bond acceptors (Lipinski definition) is 7. The zero-order valence-corrected chi connectivity index (χ0v) is 14.3. The molecular formula is C14H17N7O2S. The van der Waals surface area contributed by atoms with Gasteiger partial charge in [-0.2, -0.15) is 10.1 Å². The highest BCUT2D eigenvalue weighted by molar-refractivity contribution is 7.09. The molecule has 0 aromatic carbocycles. The van der Waals surface area contributed by atoms with Crippen LogP contribution in [0.25, 0.3) is 11.0 Å². The smallest absolute Gasteiger partial charge is 0.268 e. The van der Waals surface area contributed by atoms with Gasteiger partial charge in [-0.25, -0.2) is 9.67 Å². The molecule has 3 heterocycles. The molecule has 0 fully saturated rings. The van der Waals surface area contributed by atoms with E-state index in [-0.39, 0.29) is 16.8 Å². The summed E-state index contributed by atoms with van der Waals surface area (Å²) < 4.78 is 1.71. The van der Waals surface area contributed by atoms with E-state index in [1.165, 1.54) is 17.5 Å². The molecule has 0 aliphatic carbocycles. The zero-order chi connectivity index (χ0) is 17.5. The monoisotopic (exact) mass is 347 g/mol. The molecule has 0 saturated carbocycles. The van der Waals surface area contributed by atoms with Gasteiger partial charge in [0.25, 0.3) is 11.5 Å². The molecular weight excluding hydrogens is 330 g/mol. The van der Waals surface area contributed by atoms with E-state index in [9.17, 15) is 9.59 Å². The van der Waals surface area contributed by atoms with Crippen LogP contribution in [-0.4, -0.2) is 30.6 Å². The largest absolute Gasteiger partial charge is 0.364 e. The summed E-state index contributed by atoms with van der Waals surface area (Å²) in [6.07, 6.45) is 1.51. The van der Waals surface area contributed by atoms with Crippen LogP contribution in [0.1, 0.15) is 36.3 Å². The van der Waals surface area contributed by atoms with Crippen molar-refractivity contribution in [2.75, 3.05) is 5.32 Å². The molecule has 0 bridgehead atoms. The molecule has 126 valence electrons. The topological polar surface area (TPSA) is 132 Å². The number of nitrogens with zero attached hydrogens (tertiary/aromatic N) is 4. The number of nitrogens with two attached hydrogens (primary N) is 1. The molecule has 0 unspecified atom stereocenters. The van der Waals surface area contributed by atoms with Crippen LogP contribution in [0, 0.1) is 0 Å². The molecule has 9 nitrogen and oxygen atoms in total. The summed E-state index contributed by atoms with van der Waals surface area (Å²) in [6, 6.07) is 0. The van der Waals surface area contributed by atoms with Gasteiger partial charge in [0.05, 0.1) is 18.3 Å². The van der Waals surface area contributed by atoms with Crippen molar-refractivity contribution in [3.05, 3.63) is 32.6 Å². The molecule has 0 aliphatic rings. The number of aromatic nitrogens is 5. The van der Waals surface area contributed by atoms with Gasteiger partial charge in [-0.1, -0.05) is 0 Å². The molecule has 3 aromatic rings. The molecule has 3 rings (SSSR count). The average molecular weight is 347 g/mol. The lowest BCUT2D eigenvalue weighted by Crippen LogP contribution is -2.24. The van der Waals surface area contributed by atoms with Gasteiger partial charge in [-0.3, -0.25) is 14.6 Å². The molecule has 1 amide bonds. The van der Waals surface area contributed by atoms with Crippen LogP contribution in [0.2, 0.25) is 0 Å². The van der Waals surface area contributed by atoms with Crippen LogP contribution < -0.4 is 16.6 Å². The van der Waals surface area contributed by atoms with Crippen LogP contribution in [0.15, 0.2) is 16.4 Å². The third-order valence-electron chi connectivity index (χ3n) is 3.28. The number of aromatic amines is 1. The van der Waals surface area contributed by atoms with Crippen molar-refractivity contribution < 1.29 is 4.79 Å². The Hall–Kier alpha value is -2.75. The summed E-state index contributed by atoms with van der Waals surface area (Å²) in [5.74, 6) is -0.256. The second-order valence-electron chi connectivity index (χ2n) is 6.22. The maximum absolute atomic E-state index is 12.2. The Morgan fingerprint density at radius 1 is 1.42 bits per heavy atom. The predicted octanol–water partition coefficient (Wildman–Crippen LogP) is 1.04. The molecule has 0 spiro atoms. The summed E-state index contributed by atoms with van der Waals surface area (Å²) in [7, 11) is 0. The molecule has 10 heteroatoms. The van der Waals surface area contributed by atoms with E-state index in [0.29, 0.717) is 28.5 Å². The van der Waals surface area contributed by atoms with Crippen molar-refractivity contribution in [1.29, 1.82) is 0 Å². The summed E-state index contributed by atoms with van der Waals surface area (Å²) in [5, 5.41) is 9.94. The maximum Gasteiger partial charge on any atom is 0.268 e. The highest BCUT2D eigenvalue weighted by atomic mass is 32.1. The van der Waals surface area contributed by atoms with Gasteiger partial charge in [-0.15, -0.1) is 11.3 Å². The lowest BCUT2D eigenvalue weighted by molar-refractivity contribution is 0.0996. The van der Waals surface area contributed by atoms with Crippen molar-refractivity contribution in [2.24, 2.45) is 5.73 Å². The van der Waals surface area contributed by atoms with Gasteiger partial charge in [0.2, 0.25) is 5.95 Å². The van der Waals surface area contributed by atoms with E-state index in [1.807, 2.05) is 20.8 Å². The van der Waals surface area contributed by atoms with Gasteiger partial charge in [-0.05, 0) is 20.8 Å². The number of fused-ring (bicyclic) bond motifs is 1. The standard InChI is InChI=1S/C14H17N7O2S/c1-14(2,3)21-11-7(4-17-21)12(23)20-13(19-11)16-5-9-18-8(6-24-9)10(15)22/h4,6H,5H2,1-3H3,(H2,15,22)(H2,16,19,20,23). The second kappa shape index (κ2) is 5.71. The Bertz CT molecular complexity index is 964. The van der Waals surface area contributed by atoms with Crippen LogP contribution in [0.4, 0.5) is 5.95 Å². The van der Waals surface area contributed by atoms with Gasteiger partial charge >= 0.3 is 0 Å². The number of rotatable bonds is 4. The first-order valence-corrected chi connectivity index (χ1v) is 8.10. The second-order valence-corrected chi connectivity index (χ2v) is 7.17. The summed E-state index contributed by atoms with van der Waals surface area (Å²) >= 11 is 1.30. The fraction of sp³-hybridized carbons (Fsp3) is 0.357. The van der Waals surface area contributed by atoms with Crippen LogP contribution in [-0.2, 0) is 12.1 Å². The van der Waals surface area contributed by atoms with Crippen molar-refractivity contribution in [2.45, 2.75) is 32.9 Å². The molecule has 4 N–H and O–H groups in total. The molecule has 0 aliphatic heterocycles. The number of carbonyl (C=O) groups is 1. The molecule has 0 radical (unpaired) electrons. The minimum atomic E-state index is -0.570. The van der Waals surface area contributed by atoms with E-state index in [1.54, 1.807) is 10.1 Å². The fourth-order valence-corrected chi connectivity index (χ4v) is 2.88. The first kappa shape index (κ1) is 16.1. The van der Waals surface area contributed by atoms with Crippen LogP contribution in [0.3, 0.4) is 0 Å². The quantitative estimate of drug-likeness (QED) is 0.646. The number of primary amides is 1. The van der Waals surface area contributed by atoms with E-state index < -0.39 is 5.91 Å². The van der Waals surface area contributed by atoms with Gasteiger partial charge in [0.15, 0.2) is 5.65 Å². The highest BCUT2D eigenvalue weighted by Crippen LogP contribution is 2.19. The summed E-state index contributed by atoms with van der Waals surface area (Å²) in [6.45, 7) is 6.26. The van der Waals surface area contributed by atoms with Gasteiger partial charge in [0.1, 0.15) is 16.1 Å². The number of carbonyl (C=O) groups excluding carboxylic acids is 1. The predicted molar refractivity (Wildman–Crippen MR) is 91.1 cm³/mol. The minimum absolute atomic E-state index is 0.222. The SMILES string of the molecule is CC(C)(C)n1ncc2c(=O)[nH]c(NCc3nc(C(N)=O)cs3)nc21. The molecule has 24 heavy (non-hydrogen) atoms. The van der Waals surface area contributed by atoms with Crippen LogP contribution in [0.5, 0.6) is 0 Å². The summed E-state index contributed by atoms with van der Waals surface area (Å²) in [4.78, 5) is 34.4. The number of hydrogen-bond donors (Lipinski definition) is 3. The Labute approximate surface area is 140 Å².